The number of benzene rings is 2. The van der Waals surface area contributed by atoms with Gasteiger partial charge in [-0.2, -0.15) is 0 Å². The summed E-state index contributed by atoms with van der Waals surface area (Å²) in [5.74, 6) is -1.18. The first-order valence-corrected chi connectivity index (χ1v) is 7.12. The van der Waals surface area contributed by atoms with Gasteiger partial charge in [-0.05, 0) is 36.8 Å². The number of nitrogens with one attached hydrogen (secondary N) is 1. The molecule has 0 atom stereocenters. The number of ether oxygens (including phenoxy) is 2. The van der Waals surface area contributed by atoms with E-state index < -0.39 is 23.2 Å². The largest absolute Gasteiger partial charge is 0.497 e. The van der Waals surface area contributed by atoms with Crippen molar-refractivity contribution < 1.29 is 23.0 Å². The standard InChI is InChI=1S/C18H17F2NO3/c1-11(13-8-7-12(23-2)10-16(13)24-3)9-17(22)21-18-14(19)5-4-6-15(18)20/h4-10H,1-3H3,(H,21,22)/b11-9+. The van der Waals surface area contributed by atoms with Gasteiger partial charge in [0.2, 0.25) is 5.91 Å². The lowest BCUT2D eigenvalue weighted by atomic mass is 10.1. The first-order valence-electron chi connectivity index (χ1n) is 7.12. The number of allylic oxidation sites excluding steroid dienone is 1. The first kappa shape index (κ1) is 17.5. The lowest BCUT2D eigenvalue weighted by molar-refractivity contribution is -0.111. The summed E-state index contributed by atoms with van der Waals surface area (Å²) in [6.07, 6.45) is 1.25. The smallest absolute Gasteiger partial charge is 0.248 e. The number of hydrogen-bond donors (Lipinski definition) is 1. The van der Waals surface area contributed by atoms with Crippen molar-refractivity contribution in [1.82, 2.24) is 0 Å². The highest BCUT2D eigenvalue weighted by Crippen LogP contribution is 2.30. The Morgan fingerprint density at radius 3 is 2.33 bits per heavy atom. The quantitative estimate of drug-likeness (QED) is 0.841. The second kappa shape index (κ2) is 7.59. The minimum Gasteiger partial charge on any atom is -0.497 e. The molecule has 0 bridgehead atoms. The normalized spacial score (nSPS) is 11.1. The van der Waals surface area contributed by atoms with Crippen LogP contribution in [0.15, 0.2) is 42.5 Å². The van der Waals surface area contributed by atoms with E-state index >= 15 is 0 Å². The van der Waals surface area contributed by atoms with Crippen molar-refractivity contribution in [2.24, 2.45) is 0 Å². The molecule has 0 radical (unpaired) electrons. The predicted molar refractivity (Wildman–Crippen MR) is 88.2 cm³/mol. The van der Waals surface area contributed by atoms with Crippen molar-refractivity contribution in [3.05, 3.63) is 59.7 Å². The van der Waals surface area contributed by atoms with E-state index in [9.17, 15) is 13.6 Å². The van der Waals surface area contributed by atoms with Crippen molar-refractivity contribution in [2.75, 3.05) is 19.5 Å². The van der Waals surface area contributed by atoms with Crippen LogP contribution in [0.4, 0.5) is 14.5 Å². The third-order valence-electron chi connectivity index (χ3n) is 3.39. The number of methoxy groups -OCH3 is 2. The summed E-state index contributed by atoms with van der Waals surface area (Å²) in [6, 6.07) is 8.51. The fourth-order valence-electron chi connectivity index (χ4n) is 2.18. The molecule has 0 aliphatic rings. The van der Waals surface area contributed by atoms with Gasteiger partial charge in [-0.25, -0.2) is 8.78 Å². The van der Waals surface area contributed by atoms with Gasteiger partial charge >= 0.3 is 0 Å². The maximum Gasteiger partial charge on any atom is 0.248 e. The van der Waals surface area contributed by atoms with Crippen LogP contribution in [0.1, 0.15) is 12.5 Å². The van der Waals surface area contributed by atoms with Crippen molar-refractivity contribution >= 4 is 17.2 Å². The van der Waals surface area contributed by atoms with Gasteiger partial charge in [0.05, 0.1) is 14.2 Å². The zero-order valence-corrected chi connectivity index (χ0v) is 13.5. The fraction of sp³-hybridized carbons (Fsp3) is 0.167. The molecule has 0 aliphatic heterocycles. The molecular formula is C18H17F2NO3. The van der Waals surface area contributed by atoms with Crippen LogP contribution in [0, 0.1) is 11.6 Å². The maximum absolute atomic E-state index is 13.6. The molecular weight excluding hydrogens is 316 g/mol. The molecule has 0 aliphatic carbocycles. The number of para-hydroxylation sites is 1. The van der Waals surface area contributed by atoms with Gasteiger partial charge < -0.3 is 14.8 Å². The number of hydrogen-bond acceptors (Lipinski definition) is 3. The zero-order chi connectivity index (χ0) is 17.7. The van der Waals surface area contributed by atoms with Crippen LogP contribution in [0.5, 0.6) is 11.5 Å². The lowest BCUT2D eigenvalue weighted by Gasteiger charge is -2.11. The Morgan fingerprint density at radius 2 is 1.75 bits per heavy atom. The molecule has 0 fully saturated rings. The molecule has 6 heteroatoms. The number of carbonyl (C=O) groups excluding carboxylic acids is 1. The van der Waals surface area contributed by atoms with Crippen LogP contribution in [0.2, 0.25) is 0 Å². The molecule has 4 nitrogen and oxygen atoms in total. The average Bonchev–Trinajstić information content (AvgIpc) is 2.57. The second-order valence-electron chi connectivity index (χ2n) is 4.98. The monoisotopic (exact) mass is 333 g/mol. The molecule has 1 amide bonds. The Bertz CT molecular complexity index is 768. The van der Waals surface area contributed by atoms with Crippen LogP contribution >= 0.6 is 0 Å². The van der Waals surface area contributed by atoms with Crippen molar-refractivity contribution in [3.8, 4) is 11.5 Å². The highest BCUT2D eigenvalue weighted by Gasteiger charge is 2.12. The highest BCUT2D eigenvalue weighted by atomic mass is 19.1. The third kappa shape index (κ3) is 3.90. The van der Waals surface area contributed by atoms with Crippen LogP contribution in [-0.4, -0.2) is 20.1 Å². The Labute approximate surface area is 138 Å². The molecule has 1 N–H and O–H groups in total. The molecule has 0 saturated heterocycles. The van der Waals surface area contributed by atoms with E-state index in [4.69, 9.17) is 9.47 Å². The topological polar surface area (TPSA) is 47.6 Å². The average molecular weight is 333 g/mol. The number of rotatable bonds is 5. The van der Waals surface area contributed by atoms with Gasteiger partial charge in [0.15, 0.2) is 0 Å². The van der Waals surface area contributed by atoms with E-state index in [-0.39, 0.29) is 0 Å². The number of anilines is 1. The first-order chi connectivity index (χ1) is 11.5. The summed E-state index contributed by atoms with van der Waals surface area (Å²) in [5, 5.41) is 2.21. The maximum atomic E-state index is 13.6. The van der Waals surface area contributed by atoms with Crippen LogP contribution in [0.3, 0.4) is 0 Å². The molecule has 0 unspecified atom stereocenters. The summed E-state index contributed by atoms with van der Waals surface area (Å²) >= 11 is 0. The number of carbonyl (C=O) groups is 1. The number of amides is 1. The zero-order valence-electron chi connectivity index (χ0n) is 13.5. The van der Waals surface area contributed by atoms with Crippen molar-refractivity contribution in [1.29, 1.82) is 0 Å². The Hall–Kier alpha value is -2.89. The second-order valence-corrected chi connectivity index (χ2v) is 4.98. The van der Waals surface area contributed by atoms with Crippen LogP contribution < -0.4 is 14.8 Å². The van der Waals surface area contributed by atoms with Crippen LogP contribution in [-0.2, 0) is 4.79 Å². The van der Waals surface area contributed by atoms with E-state index in [1.165, 1.54) is 26.4 Å². The minimum absolute atomic E-state index is 0.478. The molecule has 126 valence electrons. The lowest BCUT2D eigenvalue weighted by Crippen LogP contribution is -2.11. The summed E-state index contributed by atoms with van der Waals surface area (Å²) in [6.45, 7) is 1.70. The van der Waals surface area contributed by atoms with E-state index in [1.54, 1.807) is 25.1 Å². The van der Waals surface area contributed by atoms with Gasteiger partial charge in [-0.15, -0.1) is 0 Å². The van der Waals surface area contributed by atoms with Crippen molar-refractivity contribution in [2.45, 2.75) is 6.92 Å². The molecule has 0 heterocycles. The predicted octanol–water partition coefficient (Wildman–Crippen LogP) is 4.02. The fourth-order valence-corrected chi connectivity index (χ4v) is 2.18. The Balaban J connectivity index is 2.26. The minimum atomic E-state index is -0.837. The summed E-state index contributed by atoms with van der Waals surface area (Å²) in [4.78, 5) is 12.0. The Kier molecular flexibility index (Phi) is 5.52. The highest BCUT2D eigenvalue weighted by molar-refractivity contribution is 6.04. The Morgan fingerprint density at radius 1 is 1.08 bits per heavy atom. The molecule has 2 rings (SSSR count). The third-order valence-corrected chi connectivity index (χ3v) is 3.39. The van der Waals surface area contributed by atoms with Gasteiger partial charge in [-0.1, -0.05) is 6.07 Å². The molecule has 2 aromatic carbocycles. The SMILES string of the molecule is COc1ccc(/C(C)=C/C(=O)Nc2c(F)cccc2F)c(OC)c1. The van der Waals surface area contributed by atoms with E-state index in [1.807, 2.05) is 0 Å². The van der Waals surface area contributed by atoms with Gasteiger partial charge in [-0.3, -0.25) is 4.79 Å². The summed E-state index contributed by atoms with van der Waals surface area (Å²) < 4.78 is 37.5. The molecule has 24 heavy (non-hydrogen) atoms. The molecule has 0 aromatic heterocycles. The van der Waals surface area contributed by atoms with Gasteiger partial charge in [0.25, 0.3) is 0 Å². The summed E-state index contributed by atoms with van der Waals surface area (Å²) in [7, 11) is 3.04. The van der Waals surface area contributed by atoms with Gasteiger partial charge in [0.1, 0.15) is 28.8 Å². The van der Waals surface area contributed by atoms with E-state index in [0.29, 0.717) is 22.6 Å². The van der Waals surface area contributed by atoms with Crippen molar-refractivity contribution in [3.63, 3.8) is 0 Å². The van der Waals surface area contributed by atoms with E-state index in [0.717, 1.165) is 12.1 Å². The molecule has 2 aromatic rings. The van der Waals surface area contributed by atoms with E-state index in [2.05, 4.69) is 5.32 Å². The molecule has 0 spiro atoms. The van der Waals surface area contributed by atoms with Crippen LogP contribution in [0.25, 0.3) is 5.57 Å². The number of halogens is 2. The summed E-state index contributed by atoms with van der Waals surface area (Å²) in [5.41, 5.74) is 0.763. The molecule has 0 saturated carbocycles. The van der Waals surface area contributed by atoms with Gasteiger partial charge in [0, 0.05) is 17.7 Å².